The topological polar surface area (TPSA) is 0 Å². The minimum absolute atomic E-state index is 0.00778. The molecule has 0 aliphatic rings. The molecule has 0 fully saturated rings. The van der Waals surface area contributed by atoms with Crippen molar-refractivity contribution in [3.63, 3.8) is 0 Å². The lowest BCUT2D eigenvalue weighted by Crippen LogP contribution is -2.55. The van der Waals surface area contributed by atoms with E-state index in [2.05, 4.69) is 0 Å². The number of benzene rings is 7. The van der Waals surface area contributed by atoms with Crippen LogP contribution in [0.15, 0.2) is 30.3 Å². The summed E-state index contributed by atoms with van der Waals surface area (Å²) in [6.45, 7) is 0. The molecule has 7 aromatic rings. The molecule has 0 bridgehead atoms. The standard InChI is InChI=1S/C36H5B19/c37-18-7(6-4-2-1-3-5-6)10-16(25(44)33(52)28(47)20(10)39)13(19(18)38)8-11-14(23(42)31(50)29(48)21(11)40)9(15-12(8)22(41)30(49)32(51)24(15)43)17-26(45)34(53)36(55)35(54)27(17)46/h1-5H. The third-order valence-corrected chi connectivity index (χ3v) is 10.6. The molecule has 0 unspecified atom stereocenters. The Bertz CT molecular complexity index is 2790. The van der Waals surface area contributed by atoms with Crippen LogP contribution in [0.1, 0.15) is 0 Å². The Morgan fingerprint density at radius 3 is 0.745 bits per heavy atom. The SMILES string of the molecule is [B]c1c([B])c([B])c(-c2c3c([B])c([B])c([B])c([B])c3c(-c3c([B])c([B])c(-c4ccccc4)c4c([B])c([B])c([B])c([B])c34)c3c([B])c([B])c([B])c([B])c23)c([B])c1[B]. The van der Waals surface area contributed by atoms with Crippen LogP contribution in [0.3, 0.4) is 0 Å². The minimum Gasteiger partial charge on any atom is -0.112 e. The maximum absolute atomic E-state index is 7.14. The quantitative estimate of drug-likeness (QED) is 0.133. The molecule has 0 nitrogen and oxygen atoms in total. The molecule has 0 aliphatic heterocycles. The first kappa shape index (κ1) is 39.8. The van der Waals surface area contributed by atoms with Crippen LogP contribution in [0.4, 0.5) is 0 Å². The van der Waals surface area contributed by atoms with Gasteiger partial charge in [-0.2, -0.15) is 0 Å². The molecule has 206 valence electrons. The van der Waals surface area contributed by atoms with Gasteiger partial charge in [-0.1, -0.05) is 85.0 Å². The zero-order valence-corrected chi connectivity index (χ0v) is 29.4. The molecular weight excluding hydrogens is 638 g/mol. The summed E-state index contributed by atoms with van der Waals surface area (Å²) in [6, 6.07) is 9.08. The van der Waals surface area contributed by atoms with Crippen LogP contribution in [0.5, 0.6) is 0 Å². The third-order valence-electron chi connectivity index (χ3n) is 10.6. The molecule has 0 aliphatic carbocycles. The average Bonchev–Trinajstić information content (AvgIpc) is 3.17. The predicted octanol–water partition coefficient (Wildman–Crippen LogP) is -12.8. The van der Waals surface area contributed by atoms with Crippen LogP contribution < -0.4 is 104 Å². The van der Waals surface area contributed by atoms with Crippen LogP contribution in [0.2, 0.25) is 0 Å². The van der Waals surface area contributed by atoms with E-state index >= 15 is 0 Å². The average molecular weight is 643 g/mol. The van der Waals surface area contributed by atoms with Gasteiger partial charge in [0.05, 0.1) is 0 Å². The molecule has 0 amide bonds. The van der Waals surface area contributed by atoms with Crippen LogP contribution in [-0.2, 0) is 0 Å². The van der Waals surface area contributed by atoms with Crippen molar-refractivity contribution in [1.29, 1.82) is 0 Å². The number of hydrogen-bond acceptors (Lipinski definition) is 0. The van der Waals surface area contributed by atoms with Crippen LogP contribution in [0.25, 0.3) is 65.7 Å². The molecule has 0 saturated carbocycles. The minimum atomic E-state index is -0.100. The first-order valence-electron chi connectivity index (χ1n) is 16.4. The highest BCUT2D eigenvalue weighted by Gasteiger charge is 2.29. The normalized spacial score (nSPS) is 11.6. The van der Waals surface area contributed by atoms with Gasteiger partial charge in [-0.25, -0.2) is 0 Å². The van der Waals surface area contributed by atoms with Crippen molar-refractivity contribution in [3.8, 4) is 33.4 Å². The van der Waals surface area contributed by atoms with Crippen molar-refractivity contribution in [2.45, 2.75) is 0 Å². The Kier molecular flexibility index (Phi) is 10.0. The van der Waals surface area contributed by atoms with Crippen LogP contribution >= 0.6 is 0 Å². The van der Waals surface area contributed by atoms with E-state index in [1.807, 2.05) is 30.3 Å². The molecule has 7 aromatic carbocycles. The van der Waals surface area contributed by atoms with E-state index in [4.69, 9.17) is 149 Å². The molecule has 19 heteroatoms. The number of rotatable bonds is 3. The van der Waals surface area contributed by atoms with Gasteiger partial charge in [-0.05, 0) is 65.7 Å². The monoisotopic (exact) mass is 646 g/mol. The molecule has 0 atom stereocenters. The molecule has 0 aromatic heterocycles. The van der Waals surface area contributed by atoms with Gasteiger partial charge in [0.1, 0.15) is 149 Å². The molecule has 7 rings (SSSR count). The second-order valence-corrected chi connectivity index (χ2v) is 13.4. The second-order valence-electron chi connectivity index (χ2n) is 13.4. The molecule has 0 saturated heterocycles. The highest BCUT2D eigenvalue weighted by atomic mass is 14.3. The maximum atomic E-state index is 7.14. The smallest absolute Gasteiger partial charge is 0.112 e. The third kappa shape index (κ3) is 5.40. The van der Waals surface area contributed by atoms with E-state index in [1.54, 1.807) is 0 Å². The summed E-state index contributed by atoms with van der Waals surface area (Å²) >= 11 is 0. The fraction of sp³-hybridized carbons (Fsp3) is 0. The zero-order chi connectivity index (χ0) is 40.4. The number of hydrogen-bond donors (Lipinski definition) is 0. The first-order valence-corrected chi connectivity index (χ1v) is 16.4. The molecular formula is C36H5B19. The van der Waals surface area contributed by atoms with Gasteiger partial charge in [0, 0.05) is 0 Å². The van der Waals surface area contributed by atoms with E-state index in [1.165, 1.54) is 0 Å². The Morgan fingerprint density at radius 1 is 0.182 bits per heavy atom. The fourth-order valence-corrected chi connectivity index (χ4v) is 7.62. The Labute approximate surface area is 347 Å². The van der Waals surface area contributed by atoms with E-state index in [0.29, 0.717) is 16.5 Å². The van der Waals surface area contributed by atoms with Gasteiger partial charge in [0.2, 0.25) is 0 Å². The van der Waals surface area contributed by atoms with Gasteiger partial charge in [-0.3, -0.25) is 0 Å². The van der Waals surface area contributed by atoms with Gasteiger partial charge >= 0.3 is 0 Å². The molecule has 38 radical (unpaired) electrons. The lowest BCUT2D eigenvalue weighted by Gasteiger charge is -2.33. The van der Waals surface area contributed by atoms with Crippen molar-refractivity contribution < 1.29 is 0 Å². The molecule has 55 heavy (non-hydrogen) atoms. The van der Waals surface area contributed by atoms with Crippen LogP contribution in [0, 0.1) is 0 Å². The van der Waals surface area contributed by atoms with Gasteiger partial charge in [-0.15, -0.1) is 49.2 Å². The van der Waals surface area contributed by atoms with E-state index in [0.717, 1.165) is 0 Å². The summed E-state index contributed by atoms with van der Waals surface area (Å²) in [5, 5.41) is 0.965. The van der Waals surface area contributed by atoms with E-state index < -0.39 is 0 Å². The summed E-state index contributed by atoms with van der Waals surface area (Å²) in [5.74, 6) is 0. The zero-order valence-electron chi connectivity index (χ0n) is 29.4. The Hall–Kier alpha value is -3.45. The lowest BCUT2D eigenvalue weighted by atomic mass is 9.55. The van der Waals surface area contributed by atoms with E-state index in [-0.39, 0.29) is 153 Å². The lowest BCUT2D eigenvalue weighted by molar-refractivity contribution is 1.69. The summed E-state index contributed by atoms with van der Waals surface area (Å²) in [5.41, 5.74) is 0.371. The van der Waals surface area contributed by atoms with Gasteiger partial charge in [0.25, 0.3) is 0 Å². The summed E-state index contributed by atoms with van der Waals surface area (Å²) in [4.78, 5) is 0. The molecule has 0 spiro atoms. The highest BCUT2D eigenvalue weighted by Crippen LogP contribution is 2.41. The second kappa shape index (κ2) is 13.9. The maximum Gasteiger partial charge on any atom is 0.113 e. The van der Waals surface area contributed by atoms with Crippen molar-refractivity contribution in [2.75, 3.05) is 0 Å². The summed E-state index contributed by atoms with van der Waals surface area (Å²) < 4.78 is 0. The van der Waals surface area contributed by atoms with Crippen LogP contribution in [-0.4, -0.2) is 149 Å². The van der Waals surface area contributed by atoms with Crippen molar-refractivity contribution >= 4 is 285 Å². The van der Waals surface area contributed by atoms with Gasteiger partial charge in [0.15, 0.2) is 0 Å². The molecule has 0 N–H and O–H groups in total. The number of fused-ring (bicyclic) bond motifs is 3. The Morgan fingerprint density at radius 2 is 0.400 bits per heavy atom. The summed E-state index contributed by atoms with van der Waals surface area (Å²) in [7, 11) is 127. The highest BCUT2D eigenvalue weighted by molar-refractivity contribution is 6.75. The predicted molar refractivity (Wildman–Crippen MR) is 258 cm³/mol. The first-order chi connectivity index (χ1) is 25.8. The fourth-order valence-electron chi connectivity index (χ4n) is 7.62. The summed E-state index contributed by atoms with van der Waals surface area (Å²) in [6.07, 6.45) is 0. The van der Waals surface area contributed by atoms with Crippen molar-refractivity contribution in [1.82, 2.24) is 0 Å². The van der Waals surface area contributed by atoms with Crippen molar-refractivity contribution in [2.24, 2.45) is 0 Å². The Balaban J connectivity index is 1.95. The van der Waals surface area contributed by atoms with E-state index in [9.17, 15) is 0 Å². The van der Waals surface area contributed by atoms with Crippen molar-refractivity contribution in [3.05, 3.63) is 30.3 Å². The van der Waals surface area contributed by atoms with Gasteiger partial charge < -0.3 is 0 Å². The largest absolute Gasteiger partial charge is 0.113 e. The molecule has 0 heterocycles.